The van der Waals surface area contributed by atoms with Gasteiger partial charge in [-0.2, -0.15) is 0 Å². The van der Waals surface area contributed by atoms with Crippen LogP contribution in [0, 0.1) is 0 Å². The average molecular weight is 366 g/mol. The maximum Gasteiger partial charge on any atom is 0.332 e. The number of ether oxygens (including phenoxy) is 1. The highest BCUT2D eigenvalue weighted by Gasteiger charge is 2.47. The van der Waals surface area contributed by atoms with Gasteiger partial charge >= 0.3 is 6.03 Å². The smallest absolute Gasteiger partial charge is 0.332 e. The molecule has 2 unspecified atom stereocenters. The minimum absolute atomic E-state index is 0.164. The Kier molecular flexibility index (Phi) is 4.42. The number of carbonyl (C=O) groups is 2. The zero-order valence-corrected chi connectivity index (χ0v) is 15.1. The van der Waals surface area contributed by atoms with Gasteiger partial charge in [-0.25, -0.2) is 9.69 Å². The van der Waals surface area contributed by atoms with E-state index in [-0.39, 0.29) is 23.2 Å². The number of para-hydroxylation sites is 1. The molecule has 0 saturated carbocycles. The number of urea groups is 1. The summed E-state index contributed by atoms with van der Waals surface area (Å²) in [7, 11) is 1.62. The highest BCUT2D eigenvalue weighted by Crippen LogP contribution is 2.37. The molecule has 0 aromatic heterocycles. The molecule has 5 nitrogen and oxygen atoms in total. The van der Waals surface area contributed by atoms with Gasteiger partial charge in [0.05, 0.1) is 18.8 Å². The van der Waals surface area contributed by atoms with Crippen molar-refractivity contribution in [2.45, 2.75) is 17.8 Å². The second kappa shape index (κ2) is 6.88. The van der Waals surface area contributed by atoms with E-state index in [1.807, 2.05) is 53.9 Å². The summed E-state index contributed by atoms with van der Waals surface area (Å²) in [5.41, 5.74) is 1.56. The van der Waals surface area contributed by atoms with Crippen molar-refractivity contribution in [2.24, 2.45) is 0 Å². The van der Waals surface area contributed by atoms with Crippen LogP contribution < -0.4 is 9.64 Å². The maximum absolute atomic E-state index is 13.2. The Labute approximate surface area is 156 Å². The molecule has 2 aliphatic rings. The van der Waals surface area contributed by atoms with Gasteiger partial charge in [0.25, 0.3) is 5.91 Å². The van der Waals surface area contributed by atoms with Gasteiger partial charge in [-0.05, 0) is 35.2 Å². The molecule has 1 fully saturated rings. The van der Waals surface area contributed by atoms with Gasteiger partial charge < -0.3 is 9.64 Å². The Morgan fingerprint density at radius 2 is 1.88 bits per heavy atom. The van der Waals surface area contributed by atoms with E-state index >= 15 is 0 Å². The van der Waals surface area contributed by atoms with Crippen molar-refractivity contribution in [1.29, 1.82) is 0 Å². The van der Waals surface area contributed by atoms with Crippen LogP contribution in [0.4, 0.5) is 10.5 Å². The van der Waals surface area contributed by atoms with Gasteiger partial charge in [0, 0.05) is 6.54 Å². The Balaban J connectivity index is 1.69. The van der Waals surface area contributed by atoms with Crippen LogP contribution in [0.2, 0.25) is 0 Å². The third-order valence-corrected chi connectivity index (χ3v) is 5.66. The largest absolute Gasteiger partial charge is 0.497 e. The number of imide groups is 1. The summed E-state index contributed by atoms with van der Waals surface area (Å²) in [5.74, 6) is 0.582. The number of nitrogens with zero attached hydrogens (tertiary/aromatic N) is 2. The molecule has 26 heavy (non-hydrogen) atoms. The molecule has 6 heteroatoms. The Morgan fingerprint density at radius 3 is 2.65 bits per heavy atom. The fourth-order valence-electron chi connectivity index (χ4n) is 3.30. The summed E-state index contributed by atoms with van der Waals surface area (Å²) >= 11 is 1.47. The van der Waals surface area contributed by atoms with Crippen LogP contribution in [0.5, 0.6) is 5.75 Å². The number of fused-ring (bicyclic) bond motifs is 1. The first-order valence-corrected chi connectivity index (χ1v) is 9.28. The van der Waals surface area contributed by atoms with Crippen LogP contribution in [0.15, 0.2) is 66.1 Å². The normalized spacial score (nSPS) is 21.9. The number of anilines is 1. The predicted molar refractivity (Wildman–Crippen MR) is 102 cm³/mol. The lowest BCUT2D eigenvalue weighted by molar-refractivity contribution is -0.119. The third kappa shape index (κ3) is 2.86. The molecule has 2 aromatic carbocycles. The first-order valence-electron chi connectivity index (χ1n) is 8.34. The van der Waals surface area contributed by atoms with Crippen molar-refractivity contribution in [3.63, 3.8) is 0 Å². The van der Waals surface area contributed by atoms with E-state index in [1.54, 1.807) is 24.1 Å². The summed E-state index contributed by atoms with van der Waals surface area (Å²) in [6.45, 7) is 0.415. The molecule has 3 amide bonds. The number of hydrogen-bond donors (Lipinski definition) is 0. The zero-order chi connectivity index (χ0) is 18.1. The van der Waals surface area contributed by atoms with E-state index in [9.17, 15) is 9.59 Å². The minimum Gasteiger partial charge on any atom is -0.497 e. The second-order valence-corrected chi connectivity index (χ2v) is 7.20. The van der Waals surface area contributed by atoms with Crippen molar-refractivity contribution < 1.29 is 14.3 Å². The monoisotopic (exact) mass is 366 g/mol. The Hall–Kier alpha value is -2.73. The summed E-state index contributed by atoms with van der Waals surface area (Å²) in [6, 6.07) is 16.2. The number of benzene rings is 2. The van der Waals surface area contributed by atoms with Crippen molar-refractivity contribution in [3.8, 4) is 5.75 Å². The lowest BCUT2D eigenvalue weighted by atomic mass is 10.1. The van der Waals surface area contributed by atoms with Gasteiger partial charge in [-0.1, -0.05) is 36.4 Å². The van der Waals surface area contributed by atoms with Crippen molar-refractivity contribution >= 4 is 29.4 Å². The van der Waals surface area contributed by atoms with Gasteiger partial charge in [-0.3, -0.25) is 4.79 Å². The van der Waals surface area contributed by atoms with E-state index in [0.717, 1.165) is 11.3 Å². The average Bonchev–Trinajstić information content (AvgIpc) is 3.16. The summed E-state index contributed by atoms with van der Waals surface area (Å²) in [4.78, 5) is 29.2. The molecule has 0 aliphatic carbocycles. The molecule has 4 rings (SSSR count). The fourth-order valence-corrected chi connectivity index (χ4v) is 4.34. The van der Waals surface area contributed by atoms with E-state index in [1.165, 1.54) is 16.7 Å². The van der Waals surface area contributed by atoms with Gasteiger partial charge in [0.1, 0.15) is 11.0 Å². The molecule has 2 heterocycles. The van der Waals surface area contributed by atoms with Gasteiger partial charge in [0.15, 0.2) is 0 Å². The molecule has 132 valence electrons. The molecule has 0 N–H and O–H groups in total. The Morgan fingerprint density at radius 1 is 1.08 bits per heavy atom. The lowest BCUT2D eigenvalue weighted by Gasteiger charge is -2.41. The van der Waals surface area contributed by atoms with Crippen LogP contribution in [0.3, 0.4) is 0 Å². The van der Waals surface area contributed by atoms with Crippen molar-refractivity contribution in [2.75, 3.05) is 12.0 Å². The number of methoxy groups -OCH3 is 1. The minimum atomic E-state index is -0.307. The lowest BCUT2D eigenvalue weighted by Crippen LogP contribution is -2.61. The second-order valence-electron chi connectivity index (χ2n) is 6.15. The molecule has 1 saturated heterocycles. The Bertz CT molecular complexity index is 868. The number of rotatable bonds is 4. The maximum atomic E-state index is 13.2. The molecular formula is C20H18N2O3S. The third-order valence-electron chi connectivity index (χ3n) is 4.57. The van der Waals surface area contributed by atoms with E-state index in [2.05, 4.69) is 0 Å². The summed E-state index contributed by atoms with van der Waals surface area (Å²) in [6.07, 6.45) is 1.94. The number of hydrogen-bond acceptors (Lipinski definition) is 4. The van der Waals surface area contributed by atoms with Gasteiger partial charge in [0.2, 0.25) is 0 Å². The highest BCUT2D eigenvalue weighted by atomic mass is 32.2. The first-order chi connectivity index (χ1) is 12.7. The zero-order valence-electron chi connectivity index (χ0n) is 14.2. The first kappa shape index (κ1) is 16.7. The summed E-state index contributed by atoms with van der Waals surface area (Å²) in [5, 5.41) is 1.60. The molecule has 2 aromatic rings. The van der Waals surface area contributed by atoms with Crippen LogP contribution >= 0.6 is 11.8 Å². The predicted octanol–water partition coefficient (Wildman–Crippen LogP) is 3.66. The number of amides is 3. The standard InChI is InChI=1S/C20H18N2O3S/c1-25-16-9-5-6-14(12-16)13-21-17-10-11-26-18(17)19(23)22(20(21)24)15-7-3-2-4-8-15/h2-12,17-18H,13H2,1H3. The van der Waals surface area contributed by atoms with Crippen molar-refractivity contribution in [3.05, 3.63) is 71.6 Å². The van der Waals surface area contributed by atoms with E-state index in [0.29, 0.717) is 12.2 Å². The quantitative estimate of drug-likeness (QED) is 0.829. The van der Waals surface area contributed by atoms with E-state index in [4.69, 9.17) is 4.74 Å². The van der Waals surface area contributed by atoms with Crippen LogP contribution in [0.25, 0.3) is 0 Å². The fraction of sp³-hybridized carbons (Fsp3) is 0.200. The van der Waals surface area contributed by atoms with Crippen LogP contribution in [0.1, 0.15) is 5.56 Å². The molecule has 0 spiro atoms. The highest BCUT2D eigenvalue weighted by molar-refractivity contribution is 8.03. The topological polar surface area (TPSA) is 49.9 Å². The molecule has 0 radical (unpaired) electrons. The molecule has 2 aliphatic heterocycles. The SMILES string of the molecule is COc1cccc(CN2C(=O)N(c3ccccc3)C(=O)C3SC=CC32)c1. The van der Waals surface area contributed by atoms with Crippen molar-refractivity contribution in [1.82, 2.24) is 4.90 Å². The van der Waals surface area contributed by atoms with Crippen LogP contribution in [-0.4, -0.2) is 35.2 Å². The van der Waals surface area contributed by atoms with E-state index < -0.39 is 0 Å². The number of carbonyl (C=O) groups excluding carboxylic acids is 2. The van der Waals surface area contributed by atoms with Gasteiger partial charge in [-0.15, -0.1) is 11.8 Å². The summed E-state index contributed by atoms with van der Waals surface area (Å²) < 4.78 is 5.28. The number of thioether (sulfide) groups is 1. The molecule has 2 atom stereocenters. The molecular weight excluding hydrogens is 348 g/mol. The van der Waals surface area contributed by atoms with Crippen LogP contribution in [-0.2, 0) is 11.3 Å². The molecule has 0 bridgehead atoms.